The minimum atomic E-state index is -3.22. The molecule has 0 atom stereocenters. The number of hydrogen-bond donors (Lipinski definition) is 2. The number of sulfonamides is 1. The number of nitrogen functional groups attached to an aromatic ring is 1. The molecule has 0 unspecified atom stereocenters. The fraction of sp³-hybridized carbons (Fsp3) is 0.400. The molecule has 82 valence electrons. The fourth-order valence-corrected chi connectivity index (χ4v) is 2.87. The second-order valence-electron chi connectivity index (χ2n) is 3.85. The van der Waals surface area contributed by atoms with Gasteiger partial charge in [0.1, 0.15) is 0 Å². The molecule has 0 amide bonds. The van der Waals surface area contributed by atoms with Gasteiger partial charge in [0.25, 0.3) is 0 Å². The molecule has 0 heterocycles. The first-order valence-electron chi connectivity index (χ1n) is 4.90. The van der Waals surface area contributed by atoms with E-state index in [1.807, 2.05) is 0 Å². The van der Waals surface area contributed by atoms with Crippen molar-refractivity contribution in [1.29, 1.82) is 0 Å². The third-order valence-corrected chi connectivity index (χ3v) is 3.71. The number of para-hydroxylation sites is 1. The predicted molar refractivity (Wildman–Crippen MR) is 59.6 cm³/mol. The molecule has 1 aliphatic rings. The first-order valence-corrected chi connectivity index (χ1v) is 6.55. The molecular formula is C10H14N2O2S. The highest BCUT2D eigenvalue weighted by molar-refractivity contribution is 7.88. The lowest BCUT2D eigenvalue weighted by molar-refractivity contribution is 0.580. The molecule has 15 heavy (non-hydrogen) atoms. The largest absolute Gasteiger partial charge is 0.398 e. The summed E-state index contributed by atoms with van der Waals surface area (Å²) in [4.78, 5) is 0. The van der Waals surface area contributed by atoms with Crippen LogP contribution in [-0.4, -0.2) is 14.5 Å². The Hall–Kier alpha value is -1.07. The summed E-state index contributed by atoms with van der Waals surface area (Å²) in [6.45, 7) is 0. The van der Waals surface area contributed by atoms with E-state index in [4.69, 9.17) is 5.73 Å². The molecular weight excluding hydrogens is 212 g/mol. The van der Waals surface area contributed by atoms with Crippen LogP contribution in [-0.2, 0) is 15.8 Å². The summed E-state index contributed by atoms with van der Waals surface area (Å²) in [5.41, 5.74) is 6.87. The molecule has 3 N–H and O–H groups in total. The van der Waals surface area contributed by atoms with Crippen molar-refractivity contribution < 1.29 is 8.42 Å². The molecule has 1 aliphatic carbocycles. The van der Waals surface area contributed by atoms with E-state index >= 15 is 0 Å². The van der Waals surface area contributed by atoms with Gasteiger partial charge in [-0.05, 0) is 24.5 Å². The Morgan fingerprint density at radius 1 is 1.33 bits per heavy atom. The number of hydrogen-bond acceptors (Lipinski definition) is 3. The number of nitrogens with two attached hydrogens (primary N) is 1. The molecule has 2 rings (SSSR count). The SMILES string of the molecule is Nc1ccccc1CS(=O)(=O)NC1CC1. The van der Waals surface area contributed by atoms with Gasteiger partial charge in [-0.2, -0.15) is 0 Å². The summed E-state index contributed by atoms with van der Waals surface area (Å²) in [6, 6.07) is 7.18. The van der Waals surface area contributed by atoms with Crippen molar-refractivity contribution in [2.45, 2.75) is 24.6 Å². The highest BCUT2D eigenvalue weighted by Crippen LogP contribution is 2.21. The smallest absolute Gasteiger partial charge is 0.216 e. The van der Waals surface area contributed by atoms with E-state index in [-0.39, 0.29) is 11.8 Å². The molecule has 0 bridgehead atoms. The van der Waals surface area contributed by atoms with Crippen molar-refractivity contribution in [2.24, 2.45) is 0 Å². The summed E-state index contributed by atoms with van der Waals surface area (Å²) in [6.07, 6.45) is 1.90. The second-order valence-corrected chi connectivity index (χ2v) is 5.60. The topological polar surface area (TPSA) is 72.2 Å². The monoisotopic (exact) mass is 226 g/mol. The van der Waals surface area contributed by atoms with Crippen molar-refractivity contribution >= 4 is 15.7 Å². The third kappa shape index (κ3) is 2.94. The van der Waals surface area contributed by atoms with Gasteiger partial charge in [0.2, 0.25) is 10.0 Å². The molecule has 0 saturated heterocycles. The van der Waals surface area contributed by atoms with Gasteiger partial charge in [0.15, 0.2) is 0 Å². The molecule has 0 aliphatic heterocycles. The van der Waals surface area contributed by atoms with Crippen LogP contribution in [0.25, 0.3) is 0 Å². The lowest BCUT2D eigenvalue weighted by atomic mass is 10.2. The van der Waals surface area contributed by atoms with Gasteiger partial charge in [0, 0.05) is 11.7 Å². The van der Waals surface area contributed by atoms with Crippen LogP contribution in [0.3, 0.4) is 0 Å². The maximum absolute atomic E-state index is 11.6. The van der Waals surface area contributed by atoms with E-state index in [1.54, 1.807) is 24.3 Å². The molecule has 1 aromatic rings. The van der Waals surface area contributed by atoms with E-state index in [0.29, 0.717) is 11.3 Å². The quantitative estimate of drug-likeness (QED) is 0.748. The van der Waals surface area contributed by atoms with Crippen molar-refractivity contribution in [3.05, 3.63) is 29.8 Å². The Morgan fingerprint density at radius 3 is 2.60 bits per heavy atom. The number of anilines is 1. The van der Waals surface area contributed by atoms with Crippen molar-refractivity contribution in [2.75, 3.05) is 5.73 Å². The Kier molecular flexibility index (Phi) is 2.67. The molecule has 1 aromatic carbocycles. The van der Waals surface area contributed by atoms with Crippen molar-refractivity contribution in [3.63, 3.8) is 0 Å². The summed E-state index contributed by atoms with van der Waals surface area (Å²) in [5.74, 6) is -0.0316. The van der Waals surface area contributed by atoms with E-state index in [0.717, 1.165) is 12.8 Å². The van der Waals surface area contributed by atoms with Crippen LogP contribution in [0, 0.1) is 0 Å². The first-order chi connectivity index (χ1) is 7.07. The van der Waals surface area contributed by atoms with Crippen LogP contribution in [0.2, 0.25) is 0 Å². The van der Waals surface area contributed by atoms with Gasteiger partial charge in [-0.1, -0.05) is 18.2 Å². The van der Waals surface area contributed by atoms with Gasteiger partial charge in [-0.15, -0.1) is 0 Å². The number of benzene rings is 1. The Bertz CT molecular complexity index is 452. The van der Waals surface area contributed by atoms with Gasteiger partial charge in [-0.25, -0.2) is 13.1 Å². The van der Waals surface area contributed by atoms with Gasteiger partial charge < -0.3 is 5.73 Å². The summed E-state index contributed by atoms with van der Waals surface area (Å²) in [5, 5.41) is 0. The fourth-order valence-electron chi connectivity index (χ4n) is 1.37. The van der Waals surface area contributed by atoms with Crippen LogP contribution in [0.1, 0.15) is 18.4 Å². The van der Waals surface area contributed by atoms with Crippen LogP contribution >= 0.6 is 0 Å². The lowest BCUT2D eigenvalue weighted by Gasteiger charge is -2.07. The summed E-state index contributed by atoms with van der Waals surface area (Å²) < 4.78 is 25.9. The second kappa shape index (κ2) is 3.83. The van der Waals surface area contributed by atoms with Gasteiger partial charge >= 0.3 is 0 Å². The van der Waals surface area contributed by atoms with E-state index in [9.17, 15) is 8.42 Å². The van der Waals surface area contributed by atoms with Crippen LogP contribution in [0.4, 0.5) is 5.69 Å². The van der Waals surface area contributed by atoms with E-state index in [2.05, 4.69) is 4.72 Å². The normalized spacial score (nSPS) is 16.5. The lowest BCUT2D eigenvalue weighted by Crippen LogP contribution is -2.27. The molecule has 1 fully saturated rings. The molecule has 0 spiro atoms. The van der Waals surface area contributed by atoms with Crippen LogP contribution in [0.15, 0.2) is 24.3 Å². The standard InChI is InChI=1S/C10H14N2O2S/c11-10-4-2-1-3-8(10)7-15(13,14)12-9-5-6-9/h1-4,9,12H,5-7,11H2. The molecule has 0 aromatic heterocycles. The van der Waals surface area contributed by atoms with Crippen LogP contribution in [0.5, 0.6) is 0 Å². The Labute approximate surface area is 89.5 Å². The maximum atomic E-state index is 11.6. The zero-order valence-electron chi connectivity index (χ0n) is 8.31. The Balaban J connectivity index is 2.10. The van der Waals surface area contributed by atoms with Gasteiger partial charge in [-0.3, -0.25) is 0 Å². The van der Waals surface area contributed by atoms with Crippen LogP contribution < -0.4 is 10.5 Å². The van der Waals surface area contributed by atoms with Crippen molar-refractivity contribution in [1.82, 2.24) is 4.72 Å². The maximum Gasteiger partial charge on any atom is 0.216 e. The molecule has 0 radical (unpaired) electrons. The zero-order chi connectivity index (χ0) is 10.9. The molecule has 1 saturated carbocycles. The number of nitrogens with one attached hydrogen (secondary N) is 1. The average molecular weight is 226 g/mol. The number of rotatable bonds is 4. The Morgan fingerprint density at radius 2 is 2.00 bits per heavy atom. The zero-order valence-corrected chi connectivity index (χ0v) is 9.13. The van der Waals surface area contributed by atoms with Gasteiger partial charge in [0.05, 0.1) is 5.75 Å². The minimum Gasteiger partial charge on any atom is -0.398 e. The average Bonchev–Trinajstić information content (AvgIpc) is 2.91. The van der Waals surface area contributed by atoms with E-state index < -0.39 is 10.0 Å². The summed E-state index contributed by atoms with van der Waals surface area (Å²) in [7, 11) is -3.22. The summed E-state index contributed by atoms with van der Waals surface area (Å²) >= 11 is 0. The van der Waals surface area contributed by atoms with E-state index in [1.165, 1.54) is 0 Å². The highest BCUT2D eigenvalue weighted by atomic mass is 32.2. The molecule has 4 nitrogen and oxygen atoms in total. The minimum absolute atomic E-state index is 0.0316. The van der Waals surface area contributed by atoms with Crippen molar-refractivity contribution in [3.8, 4) is 0 Å². The molecule has 5 heteroatoms. The highest BCUT2D eigenvalue weighted by Gasteiger charge is 2.27. The third-order valence-electron chi connectivity index (χ3n) is 2.32. The predicted octanol–water partition coefficient (Wildman–Crippen LogP) is 0.851. The first kappa shape index (κ1) is 10.4.